The van der Waals surface area contributed by atoms with Crippen molar-refractivity contribution in [2.24, 2.45) is 5.92 Å². The minimum Gasteiger partial charge on any atom is -0.481 e. The Kier molecular flexibility index (Phi) is 3.60. The fourth-order valence-electron chi connectivity index (χ4n) is 1.89. The number of aliphatic carboxylic acids is 1. The monoisotopic (exact) mass is 251 g/mol. The van der Waals surface area contributed by atoms with Gasteiger partial charge in [-0.3, -0.25) is 4.79 Å². The van der Waals surface area contributed by atoms with Gasteiger partial charge in [-0.25, -0.2) is 0 Å². The van der Waals surface area contributed by atoms with Crippen molar-refractivity contribution in [1.82, 2.24) is 0 Å². The molecular weight excluding hydrogens is 234 g/mol. The first-order chi connectivity index (χ1) is 8.56. The third-order valence-electron chi connectivity index (χ3n) is 2.88. The highest BCUT2D eigenvalue weighted by Crippen LogP contribution is 2.36. The molecule has 5 nitrogen and oxygen atoms in total. The van der Waals surface area contributed by atoms with Gasteiger partial charge in [-0.1, -0.05) is 6.92 Å². The van der Waals surface area contributed by atoms with Crippen LogP contribution in [0.3, 0.4) is 0 Å². The van der Waals surface area contributed by atoms with Crippen LogP contribution in [0.2, 0.25) is 0 Å². The molecule has 1 aliphatic heterocycles. The van der Waals surface area contributed by atoms with Gasteiger partial charge in [-0.2, -0.15) is 0 Å². The lowest BCUT2D eigenvalue weighted by atomic mass is 10.1. The fourth-order valence-corrected chi connectivity index (χ4v) is 1.89. The number of ether oxygens (including phenoxy) is 2. The van der Waals surface area contributed by atoms with Crippen LogP contribution in [0.5, 0.6) is 11.5 Å². The number of carboxylic acid groups (broad SMARTS) is 1. The van der Waals surface area contributed by atoms with E-state index >= 15 is 0 Å². The molecule has 98 valence electrons. The van der Waals surface area contributed by atoms with Crippen LogP contribution in [-0.2, 0) is 4.79 Å². The van der Waals surface area contributed by atoms with E-state index in [1.165, 1.54) is 0 Å². The molecule has 0 aromatic heterocycles. The Balaban J connectivity index is 1.99. The number of fused-ring (bicyclic) bond motifs is 1. The van der Waals surface area contributed by atoms with Crippen molar-refractivity contribution < 1.29 is 19.4 Å². The van der Waals surface area contributed by atoms with Crippen LogP contribution >= 0.6 is 0 Å². The Bertz CT molecular complexity index is 459. The SMILES string of the molecule is Cc1cc2c(cc1NCC(C)CC(=O)O)OCO2. The smallest absolute Gasteiger partial charge is 0.303 e. The van der Waals surface area contributed by atoms with Crippen molar-refractivity contribution in [3.8, 4) is 11.5 Å². The van der Waals surface area contributed by atoms with Crippen molar-refractivity contribution >= 4 is 11.7 Å². The molecule has 0 amide bonds. The first kappa shape index (κ1) is 12.5. The maximum absolute atomic E-state index is 10.6. The number of anilines is 1. The van der Waals surface area contributed by atoms with E-state index in [-0.39, 0.29) is 19.1 Å². The molecule has 1 heterocycles. The zero-order valence-electron chi connectivity index (χ0n) is 10.5. The van der Waals surface area contributed by atoms with Crippen molar-refractivity contribution in [3.05, 3.63) is 17.7 Å². The molecule has 1 aliphatic rings. The molecule has 1 aromatic rings. The minimum atomic E-state index is -0.772. The molecule has 0 saturated heterocycles. The van der Waals surface area contributed by atoms with Crippen LogP contribution in [0, 0.1) is 12.8 Å². The molecular formula is C13H17NO4. The highest BCUT2D eigenvalue weighted by Gasteiger charge is 2.16. The van der Waals surface area contributed by atoms with Gasteiger partial charge in [0, 0.05) is 24.7 Å². The fraction of sp³-hybridized carbons (Fsp3) is 0.462. The van der Waals surface area contributed by atoms with Crippen LogP contribution in [0.1, 0.15) is 18.9 Å². The number of hydrogen-bond donors (Lipinski definition) is 2. The van der Waals surface area contributed by atoms with Gasteiger partial charge in [0.25, 0.3) is 0 Å². The van der Waals surface area contributed by atoms with Crippen LogP contribution in [0.25, 0.3) is 0 Å². The maximum atomic E-state index is 10.6. The maximum Gasteiger partial charge on any atom is 0.303 e. The lowest BCUT2D eigenvalue weighted by Crippen LogP contribution is -2.15. The Morgan fingerprint density at radius 2 is 2.11 bits per heavy atom. The summed E-state index contributed by atoms with van der Waals surface area (Å²) < 4.78 is 10.6. The van der Waals surface area contributed by atoms with Crippen molar-refractivity contribution in [1.29, 1.82) is 0 Å². The molecule has 2 rings (SSSR count). The Morgan fingerprint density at radius 3 is 2.78 bits per heavy atom. The standard InChI is InChI=1S/C13H17NO4/c1-8(3-13(15)16)6-14-10-5-12-11(4-9(10)2)17-7-18-12/h4-5,8,14H,3,6-7H2,1-2H3,(H,15,16). The van der Waals surface area contributed by atoms with E-state index in [0.717, 1.165) is 22.7 Å². The summed E-state index contributed by atoms with van der Waals surface area (Å²) in [5, 5.41) is 11.9. The molecule has 0 fully saturated rings. The quantitative estimate of drug-likeness (QED) is 0.840. The van der Waals surface area contributed by atoms with Crippen LogP contribution in [0.15, 0.2) is 12.1 Å². The molecule has 0 saturated carbocycles. The number of rotatable bonds is 5. The molecule has 5 heteroatoms. The summed E-state index contributed by atoms with van der Waals surface area (Å²) in [6.45, 7) is 4.76. The third-order valence-corrected chi connectivity index (χ3v) is 2.88. The zero-order valence-corrected chi connectivity index (χ0v) is 10.5. The average molecular weight is 251 g/mol. The molecule has 2 N–H and O–H groups in total. The van der Waals surface area contributed by atoms with Gasteiger partial charge < -0.3 is 19.9 Å². The minimum absolute atomic E-state index is 0.0762. The number of benzene rings is 1. The highest BCUT2D eigenvalue weighted by atomic mass is 16.7. The van der Waals surface area contributed by atoms with Crippen LogP contribution in [-0.4, -0.2) is 24.4 Å². The number of carboxylic acids is 1. The highest BCUT2D eigenvalue weighted by molar-refractivity contribution is 5.67. The van der Waals surface area contributed by atoms with Gasteiger partial charge in [-0.05, 0) is 24.5 Å². The second-order valence-electron chi connectivity index (χ2n) is 4.60. The van der Waals surface area contributed by atoms with E-state index in [4.69, 9.17) is 14.6 Å². The molecule has 0 aliphatic carbocycles. The summed E-state index contributed by atoms with van der Waals surface area (Å²) in [5.41, 5.74) is 2.01. The lowest BCUT2D eigenvalue weighted by Gasteiger charge is -2.14. The summed E-state index contributed by atoms with van der Waals surface area (Å²) in [5.74, 6) is 0.796. The first-order valence-electron chi connectivity index (χ1n) is 5.92. The zero-order chi connectivity index (χ0) is 13.1. The normalized spacial score (nSPS) is 14.3. The van der Waals surface area contributed by atoms with Crippen molar-refractivity contribution in [2.45, 2.75) is 20.3 Å². The van der Waals surface area contributed by atoms with E-state index in [1.54, 1.807) is 0 Å². The second kappa shape index (κ2) is 5.16. The predicted molar refractivity (Wildman–Crippen MR) is 67.2 cm³/mol. The molecule has 18 heavy (non-hydrogen) atoms. The van der Waals surface area contributed by atoms with E-state index < -0.39 is 5.97 Å². The van der Waals surface area contributed by atoms with Gasteiger partial charge in [0.2, 0.25) is 6.79 Å². The van der Waals surface area contributed by atoms with Gasteiger partial charge in [0.05, 0.1) is 0 Å². The molecule has 1 atom stereocenters. The van der Waals surface area contributed by atoms with Gasteiger partial charge >= 0.3 is 5.97 Å². The second-order valence-corrected chi connectivity index (χ2v) is 4.60. The summed E-state index contributed by atoms with van der Waals surface area (Å²) in [7, 11) is 0. The summed E-state index contributed by atoms with van der Waals surface area (Å²) in [6, 6.07) is 3.82. The van der Waals surface area contributed by atoms with E-state index in [9.17, 15) is 4.79 Å². The molecule has 1 aromatic carbocycles. The molecule has 1 unspecified atom stereocenters. The van der Waals surface area contributed by atoms with E-state index in [1.807, 2.05) is 26.0 Å². The summed E-state index contributed by atoms with van der Waals surface area (Å²) >= 11 is 0. The topological polar surface area (TPSA) is 67.8 Å². The predicted octanol–water partition coefficient (Wildman–Crippen LogP) is 2.25. The van der Waals surface area contributed by atoms with E-state index in [0.29, 0.717) is 6.54 Å². The Labute approximate surface area is 106 Å². The lowest BCUT2D eigenvalue weighted by molar-refractivity contribution is -0.137. The molecule has 0 bridgehead atoms. The number of carbonyl (C=O) groups is 1. The molecule has 0 spiro atoms. The third kappa shape index (κ3) is 2.85. The summed E-state index contributed by atoms with van der Waals surface area (Å²) in [4.78, 5) is 10.6. The van der Waals surface area contributed by atoms with Crippen molar-refractivity contribution in [2.75, 3.05) is 18.7 Å². The number of hydrogen-bond acceptors (Lipinski definition) is 4. The molecule has 0 radical (unpaired) electrons. The van der Waals surface area contributed by atoms with Crippen LogP contribution < -0.4 is 14.8 Å². The van der Waals surface area contributed by atoms with Gasteiger partial charge in [0.15, 0.2) is 11.5 Å². The van der Waals surface area contributed by atoms with E-state index in [2.05, 4.69) is 5.32 Å². The van der Waals surface area contributed by atoms with Crippen LogP contribution in [0.4, 0.5) is 5.69 Å². The first-order valence-corrected chi connectivity index (χ1v) is 5.92. The Morgan fingerprint density at radius 1 is 1.44 bits per heavy atom. The largest absolute Gasteiger partial charge is 0.481 e. The number of nitrogens with one attached hydrogen (secondary N) is 1. The summed E-state index contributed by atoms with van der Waals surface area (Å²) in [6.07, 6.45) is 0.163. The van der Waals surface area contributed by atoms with Crippen molar-refractivity contribution in [3.63, 3.8) is 0 Å². The average Bonchev–Trinajstić information content (AvgIpc) is 2.71. The van der Waals surface area contributed by atoms with Gasteiger partial charge in [0.1, 0.15) is 0 Å². The van der Waals surface area contributed by atoms with Gasteiger partial charge in [-0.15, -0.1) is 0 Å². The number of aryl methyl sites for hydroxylation is 1. The Hall–Kier alpha value is -1.91.